The second-order valence-corrected chi connectivity index (χ2v) is 11.1. The van der Waals surface area contributed by atoms with E-state index in [1.54, 1.807) is 18.2 Å². The molecule has 0 bridgehead atoms. The van der Waals surface area contributed by atoms with E-state index in [4.69, 9.17) is 23.7 Å². The van der Waals surface area contributed by atoms with E-state index in [1.165, 1.54) is 32.4 Å². The average molecular weight is 599 g/mol. The summed E-state index contributed by atoms with van der Waals surface area (Å²) in [6.45, 7) is 5.89. The van der Waals surface area contributed by atoms with E-state index >= 15 is 0 Å². The molecule has 0 radical (unpaired) electrons. The monoisotopic (exact) mass is 598 g/mol. The van der Waals surface area contributed by atoms with E-state index in [2.05, 4.69) is 6.58 Å². The van der Waals surface area contributed by atoms with Crippen molar-refractivity contribution in [1.82, 2.24) is 0 Å². The van der Waals surface area contributed by atoms with Gasteiger partial charge in [-0.25, -0.2) is 9.59 Å². The van der Waals surface area contributed by atoms with Crippen LogP contribution in [0.2, 0.25) is 0 Å². The van der Waals surface area contributed by atoms with Crippen molar-refractivity contribution in [2.75, 3.05) is 20.8 Å². The zero-order valence-electron chi connectivity index (χ0n) is 24.2. The maximum absolute atomic E-state index is 13.6. The lowest BCUT2D eigenvalue weighted by Crippen LogP contribution is -2.29. The van der Waals surface area contributed by atoms with Gasteiger partial charge in [0.15, 0.2) is 0 Å². The van der Waals surface area contributed by atoms with Crippen molar-refractivity contribution in [3.05, 3.63) is 83.0 Å². The highest BCUT2D eigenvalue weighted by atomic mass is 19.4. The van der Waals surface area contributed by atoms with Crippen LogP contribution in [-0.2, 0) is 30.0 Å². The number of ether oxygens (including phenoxy) is 5. The summed E-state index contributed by atoms with van der Waals surface area (Å²) in [5, 5.41) is 0. The largest absolute Gasteiger partial charge is 0.497 e. The fourth-order valence-corrected chi connectivity index (χ4v) is 5.69. The van der Waals surface area contributed by atoms with E-state index < -0.39 is 29.3 Å². The molecule has 1 aliphatic carbocycles. The summed E-state index contributed by atoms with van der Waals surface area (Å²) < 4.78 is 67.8. The van der Waals surface area contributed by atoms with Crippen molar-refractivity contribution >= 4 is 23.6 Å². The SMILES string of the molecule is C=C1C(=O)O[C@H]2[C@H]1CC/C(COC(=O)/C(=C/c1cc(OC)ccc1OC)c1ccc(C(F)(F)F)cc1)=C\CC[C@@]1(C)O[C@@H]21. The van der Waals surface area contributed by atoms with Crippen molar-refractivity contribution in [3.63, 3.8) is 0 Å². The molecule has 0 amide bonds. The van der Waals surface area contributed by atoms with Gasteiger partial charge in [-0.3, -0.25) is 0 Å². The average Bonchev–Trinajstić information content (AvgIpc) is 3.58. The molecule has 2 aliphatic heterocycles. The lowest BCUT2D eigenvalue weighted by atomic mass is 9.84. The number of allylic oxidation sites excluding steroid dienone is 1. The molecule has 2 aromatic carbocycles. The molecular weight excluding hydrogens is 565 g/mol. The number of carbonyl (C=O) groups is 2. The molecule has 0 aromatic heterocycles. The molecule has 0 N–H and O–H groups in total. The minimum atomic E-state index is -4.52. The molecule has 10 heteroatoms. The Morgan fingerprint density at radius 3 is 2.56 bits per heavy atom. The lowest BCUT2D eigenvalue weighted by molar-refractivity contribution is -0.140. The Morgan fingerprint density at radius 1 is 1.14 bits per heavy atom. The van der Waals surface area contributed by atoms with E-state index in [0.717, 1.165) is 17.7 Å². The number of fused-ring (bicyclic) bond motifs is 3. The first-order chi connectivity index (χ1) is 20.4. The van der Waals surface area contributed by atoms with Gasteiger partial charge in [0.2, 0.25) is 0 Å². The Labute approximate surface area is 247 Å². The number of rotatable bonds is 7. The quantitative estimate of drug-likeness (QED) is 0.117. The summed E-state index contributed by atoms with van der Waals surface area (Å²) >= 11 is 0. The summed E-state index contributed by atoms with van der Waals surface area (Å²) in [5.74, 6) is -0.404. The highest BCUT2D eigenvalue weighted by molar-refractivity contribution is 6.21. The number of hydrogen-bond donors (Lipinski definition) is 0. The fraction of sp³-hybridized carbons (Fsp3) is 0.394. The minimum Gasteiger partial charge on any atom is -0.497 e. The van der Waals surface area contributed by atoms with Crippen LogP contribution in [0.3, 0.4) is 0 Å². The Balaban J connectivity index is 1.40. The van der Waals surface area contributed by atoms with Gasteiger partial charge in [-0.2, -0.15) is 13.2 Å². The Hall–Kier alpha value is -4.05. The predicted molar refractivity (Wildman–Crippen MR) is 152 cm³/mol. The smallest absolute Gasteiger partial charge is 0.416 e. The van der Waals surface area contributed by atoms with Crippen LogP contribution in [-0.4, -0.2) is 50.6 Å². The molecule has 228 valence electrons. The summed E-state index contributed by atoms with van der Waals surface area (Å²) in [6.07, 6.45) is 0.929. The van der Waals surface area contributed by atoms with Crippen LogP contribution in [0.5, 0.6) is 11.5 Å². The standard InChI is InChI=1S/C33H33F3O7/c1-19-25-13-7-20(6-5-15-32(2)29(43-32)28(25)42-30(19)37)18-41-31(38)26(21-8-10-23(11-9-21)33(34,35)36)17-22-16-24(39-3)12-14-27(22)40-4/h6,8-12,14,16-17,25,28-29H,1,5,7,13,15,18H2,2-4H3/b20-6+,26-17+/t25-,28-,29-,32+/m0/s1. The summed E-state index contributed by atoms with van der Waals surface area (Å²) in [4.78, 5) is 25.9. The highest BCUT2D eigenvalue weighted by Crippen LogP contribution is 2.49. The third-order valence-electron chi connectivity index (χ3n) is 8.31. The third kappa shape index (κ3) is 6.49. The molecule has 0 spiro atoms. The van der Waals surface area contributed by atoms with Crippen LogP contribution in [0.1, 0.15) is 49.3 Å². The van der Waals surface area contributed by atoms with E-state index in [9.17, 15) is 22.8 Å². The van der Waals surface area contributed by atoms with Crippen LogP contribution >= 0.6 is 0 Å². The molecule has 2 heterocycles. The first kappa shape index (κ1) is 30.4. The molecule has 5 rings (SSSR count). The van der Waals surface area contributed by atoms with Crippen LogP contribution in [0.4, 0.5) is 13.2 Å². The molecular formula is C33H33F3O7. The van der Waals surface area contributed by atoms with Crippen molar-refractivity contribution in [3.8, 4) is 11.5 Å². The summed E-state index contributed by atoms with van der Waals surface area (Å²) in [7, 11) is 2.97. The van der Waals surface area contributed by atoms with Crippen LogP contribution in [0.25, 0.3) is 11.6 Å². The molecule has 3 aliphatic rings. The number of hydrogen-bond acceptors (Lipinski definition) is 7. The van der Waals surface area contributed by atoms with Crippen LogP contribution in [0.15, 0.2) is 66.3 Å². The lowest BCUT2D eigenvalue weighted by Gasteiger charge is -2.20. The summed E-state index contributed by atoms with van der Waals surface area (Å²) in [6, 6.07) is 9.33. The Kier molecular flexibility index (Phi) is 8.42. The topological polar surface area (TPSA) is 83.6 Å². The highest BCUT2D eigenvalue weighted by Gasteiger charge is 2.61. The van der Waals surface area contributed by atoms with Gasteiger partial charge in [-0.05, 0) is 80.2 Å². The van der Waals surface area contributed by atoms with Crippen molar-refractivity contribution in [1.29, 1.82) is 0 Å². The second-order valence-electron chi connectivity index (χ2n) is 11.1. The van der Waals surface area contributed by atoms with Gasteiger partial charge in [0.1, 0.15) is 30.3 Å². The molecule has 2 saturated heterocycles. The van der Waals surface area contributed by atoms with Gasteiger partial charge in [0.05, 0.1) is 31.0 Å². The van der Waals surface area contributed by atoms with E-state index in [1.807, 2.05) is 13.0 Å². The van der Waals surface area contributed by atoms with Crippen molar-refractivity contribution < 1.29 is 46.4 Å². The molecule has 43 heavy (non-hydrogen) atoms. The fourth-order valence-electron chi connectivity index (χ4n) is 5.69. The normalized spacial score (nSPS) is 26.8. The Morgan fingerprint density at radius 2 is 1.88 bits per heavy atom. The van der Waals surface area contributed by atoms with Gasteiger partial charge >= 0.3 is 18.1 Å². The van der Waals surface area contributed by atoms with Gasteiger partial charge < -0.3 is 23.7 Å². The maximum atomic E-state index is 13.6. The number of esters is 2. The Bertz CT molecular complexity index is 1470. The van der Waals surface area contributed by atoms with Crippen LogP contribution < -0.4 is 9.47 Å². The maximum Gasteiger partial charge on any atom is 0.416 e. The van der Waals surface area contributed by atoms with Crippen molar-refractivity contribution in [2.45, 2.75) is 56.6 Å². The van der Waals surface area contributed by atoms with Crippen LogP contribution in [0, 0.1) is 5.92 Å². The number of methoxy groups -OCH3 is 2. The number of epoxide rings is 1. The second kappa shape index (κ2) is 11.9. The molecule has 0 saturated carbocycles. The number of alkyl halides is 3. The molecule has 4 atom stereocenters. The zero-order chi connectivity index (χ0) is 30.9. The van der Waals surface area contributed by atoms with Crippen molar-refractivity contribution in [2.24, 2.45) is 5.92 Å². The zero-order valence-corrected chi connectivity index (χ0v) is 24.2. The number of carbonyl (C=O) groups excluding carboxylic acids is 2. The minimum absolute atomic E-state index is 0.0360. The number of halogens is 3. The molecule has 0 unspecified atom stereocenters. The third-order valence-corrected chi connectivity index (χ3v) is 8.31. The van der Waals surface area contributed by atoms with E-state index in [-0.39, 0.29) is 35.9 Å². The molecule has 2 aromatic rings. The first-order valence-electron chi connectivity index (χ1n) is 14.0. The number of benzene rings is 2. The first-order valence-corrected chi connectivity index (χ1v) is 14.0. The summed E-state index contributed by atoms with van der Waals surface area (Å²) in [5.41, 5.74) is 0.803. The van der Waals surface area contributed by atoms with E-state index in [0.29, 0.717) is 48.3 Å². The molecule has 2 fully saturated rings. The van der Waals surface area contributed by atoms with Gasteiger partial charge in [0, 0.05) is 17.1 Å². The van der Waals surface area contributed by atoms with Gasteiger partial charge in [-0.1, -0.05) is 24.8 Å². The predicted octanol–water partition coefficient (Wildman–Crippen LogP) is 6.56. The molecule has 7 nitrogen and oxygen atoms in total. The van der Waals surface area contributed by atoms with Gasteiger partial charge in [0.25, 0.3) is 0 Å². The van der Waals surface area contributed by atoms with Gasteiger partial charge in [-0.15, -0.1) is 0 Å².